The molecular weight excluding hydrogens is 441 g/mol. The van der Waals surface area contributed by atoms with Crippen LogP contribution in [0.2, 0.25) is 0 Å². The molecule has 2 saturated carbocycles. The predicted octanol–water partition coefficient (Wildman–Crippen LogP) is 4.37. The molecule has 0 saturated heterocycles. The molecule has 5 nitrogen and oxygen atoms in total. The Morgan fingerprint density at radius 3 is 2.46 bits per heavy atom. The molecule has 6 heteroatoms. The second-order valence-electron chi connectivity index (χ2n) is 7.19. The van der Waals surface area contributed by atoms with Crippen LogP contribution in [0.4, 0.5) is 0 Å². The van der Waals surface area contributed by atoms with Crippen LogP contribution < -0.4 is 20.5 Å². The molecule has 0 bridgehead atoms. The number of nitrogens with zero attached hydrogens (tertiary/aromatic N) is 1. The van der Waals surface area contributed by atoms with Gasteiger partial charge >= 0.3 is 0 Å². The molecule has 0 aliphatic heterocycles. The fraction of sp³-hybridized carbons (Fsp3) is 0.650. The van der Waals surface area contributed by atoms with Gasteiger partial charge in [0.1, 0.15) is 0 Å². The normalized spacial score (nSPS) is 19.0. The van der Waals surface area contributed by atoms with E-state index >= 15 is 0 Å². The summed E-state index contributed by atoms with van der Waals surface area (Å²) in [7, 11) is 1.68. The summed E-state index contributed by atoms with van der Waals surface area (Å²) in [5.74, 6) is 2.14. The summed E-state index contributed by atoms with van der Waals surface area (Å²) in [5, 5.41) is 3.35. The smallest absolute Gasteiger partial charge is 0.189 e. The highest BCUT2D eigenvalue weighted by Gasteiger charge is 2.18. The molecule has 2 fully saturated rings. The monoisotopic (exact) mass is 473 g/mol. The van der Waals surface area contributed by atoms with E-state index in [1.165, 1.54) is 44.9 Å². The number of guanidine groups is 1. The van der Waals surface area contributed by atoms with E-state index in [-0.39, 0.29) is 24.0 Å². The second-order valence-corrected chi connectivity index (χ2v) is 7.19. The van der Waals surface area contributed by atoms with Crippen LogP contribution in [0, 0.1) is 0 Å². The molecule has 146 valence electrons. The van der Waals surface area contributed by atoms with Gasteiger partial charge in [-0.25, -0.2) is 4.99 Å². The third-order valence-electron chi connectivity index (χ3n) is 5.21. The zero-order valence-corrected chi connectivity index (χ0v) is 18.0. The Bertz CT molecular complexity index is 582. The molecule has 0 radical (unpaired) electrons. The van der Waals surface area contributed by atoms with E-state index in [0.717, 1.165) is 29.9 Å². The van der Waals surface area contributed by atoms with Crippen molar-refractivity contribution in [3.05, 3.63) is 23.8 Å². The maximum absolute atomic E-state index is 6.08. The fourth-order valence-corrected chi connectivity index (χ4v) is 3.77. The topological polar surface area (TPSA) is 68.9 Å². The van der Waals surface area contributed by atoms with E-state index < -0.39 is 0 Å². The van der Waals surface area contributed by atoms with Gasteiger partial charge in [0, 0.05) is 6.04 Å². The van der Waals surface area contributed by atoms with E-state index in [0.29, 0.717) is 24.7 Å². The largest absolute Gasteiger partial charge is 0.493 e. The van der Waals surface area contributed by atoms with Crippen LogP contribution >= 0.6 is 24.0 Å². The summed E-state index contributed by atoms with van der Waals surface area (Å²) in [6, 6.07) is 6.52. The van der Waals surface area contributed by atoms with Crippen molar-refractivity contribution in [2.24, 2.45) is 10.7 Å². The Hall–Kier alpha value is -1.18. The molecule has 1 aromatic rings. The Morgan fingerprint density at radius 2 is 1.77 bits per heavy atom. The fourth-order valence-electron chi connectivity index (χ4n) is 3.77. The van der Waals surface area contributed by atoms with Crippen molar-refractivity contribution in [2.45, 2.75) is 76.5 Å². The first-order valence-electron chi connectivity index (χ1n) is 9.64. The van der Waals surface area contributed by atoms with E-state index in [2.05, 4.69) is 10.3 Å². The number of benzene rings is 1. The van der Waals surface area contributed by atoms with Gasteiger partial charge in [0.2, 0.25) is 0 Å². The minimum absolute atomic E-state index is 0. The quantitative estimate of drug-likeness (QED) is 0.366. The molecule has 0 unspecified atom stereocenters. The van der Waals surface area contributed by atoms with Crippen LogP contribution in [-0.4, -0.2) is 25.2 Å². The van der Waals surface area contributed by atoms with Crippen molar-refractivity contribution in [1.82, 2.24) is 5.32 Å². The lowest BCUT2D eigenvalue weighted by atomic mass is 9.96. The molecule has 0 spiro atoms. The van der Waals surface area contributed by atoms with Crippen molar-refractivity contribution in [3.63, 3.8) is 0 Å². The number of hydrogen-bond donors (Lipinski definition) is 2. The zero-order chi connectivity index (χ0) is 17.5. The van der Waals surface area contributed by atoms with Crippen molar-refractivity contribution < 1.29 is 9.47 Å². The lowest BCUT2D eigenvalue weighted by molar-refractivity contribution is 0.200. The van der Waals surface area contributed by atoms with Crippen LogP contribution in [-0.2, 0) is 6.54 Å². The van der Waals surface area contributed by atoms with Crippen LogP contribution in [0.1, 0.15) is 63.4 Å². The summed E-state index contributed by atoms with van der Waals surface area (Å²) < 4.78 is 11.6. The highest BCUT2D eigenvalue weighted by molar-refractivity contribution is 14.0. The first-order valence-corrected chi connectivity index (χ1v) is 9.64. The number of aliphatic imine (C=N–C) groups is 1. The van der Waals surface area contributed by atoms with Crippen molar-refractivity contribution in [1.29, 1.82) is 0 Å². The molecule has 1 aromatic carbocycles. The number of ether oxygens (including phenoxy) is 2. The van der Waals surface area contributed by atoms with Crippen LogP contribution in [0.5, 0.6) is 11.5 Å². The van der Waals surface area contributed by atoms with Crippen molar-refractivity contribution in [3.8, 4) is 11.5 Å². The van der Waals surface area contributed by atoms with Crippen LogP contribution in [0.15, 0.2) is 23.2 Å². The number of methoxy groups -OCH3 is 1. The minimum atomic E-state index is 0. The summed E-state index contributed by atoms with van der Waals surface area (Å²) >= 11 is 0. The number of nitrogens with two attached hydrogens (primary N) is 1. The molecule has 0 aromatic heterocycles. The van der Waals surface area contributed by atoms with Crippen LogP contribution in [0.25, 0.3) is 0 Å². The van der Waals surface area contributed by atoms with E-state index in [1.54, 1.807) is 7.11 Å². The summed E-state index contributed by atoms with van der Waals surface area (Å²) in [5.41, 5.74) is 7.12. The summed E-state index contributed by atoms with van der Waals surface area (Å²) in [6.07, 6.45) is 11.4. The SMILES string of the molecule is COc1cc(CN=C(N)NC2CCCCC2)ccc1OC1CCCC1.I. The number of rotatable bonds is 6. The molecule has 0 heterocycles. The molecular formula is C20H32IN3O2. The van der Waals surface area contributed by atoms with Crippen LogP contribution in [0.3, 0.4) is 0 Å². The van der Waals surface area contributed by atoms with Gasteiger partial charge in [0.15, 0.2) is 17.5 Å². The number of halogens is 1. The van der Waals surface area contributed by atoms with Crippen molar-refractivity contribution >= 4 is 29.9 Å². The Labute approximate surface area is 174 Å². The molecule has 0 atom stereocenters. The van der Waals surface area contributed by atoms with Gasteiger partial charge in [-0.15, -0.1) is 24.0 Å². The highest BCUT2D eigenvalue weighted by atomic mass is 127. The number of nitrogens with one attached hydrogen (secondary N) is 1. The van der Waals surface area contributed by atoms with Gasteiger partial charge in [-0.05, 0) is 56.2 Å². The minimum Gasteiger partial charge on any atom is -0.493 e. The van der Waals surface area contributed by atoms with E-state index in [4.69, 9.17) is 15.2 Å². The van der Waals surface area contributed by atoms with Crippen molar-refractivity contribution in [2.75, 3.05) is 7.11 Å². The lowest BCUT2D eigenvalue weighted by Crippen LogP contribution is -2.41. The van der Waals surface area contributed by atoms with Gasteiger partial charge in [0.25, 0.3) is 0 Å². The number of hydrogen-bond acceptors (Lipinski definition) is 3. The molecule has 3 N–H and O–H groups in total. The van der Waals surface area contributed by atoms with Gasteiger partial charge in [-0.3, -0.25) is 0 Å². The molecule has 3 rings (SSSR count). The van der Waals surface area contributed by atoms with Gasteiger partial charge < -0.3 is 20.5 Å². The average molecular weight is 473 g/mol. The zero-order valence-electron chi connectivity index (χ0n) is 15.7. The molecule has 26 heavy (non-hydrogen) atoms. The second kappa shape index (κ2) is 10.8. The maximum Gasteiger partial charge on any atom is 0.189 e. The molecule has 0 amide bonds. The highest BCUT2D eigenvalue weighted by Crippen LogP contribution is 2.32. The van der Waals surface area contributed by atoms with Gasteiger partial charge in [-0.2, -0.15) is 0 Å². The van der Waals surface area contributed by atoms with Gasteiger partial charge in [0.05, 0.1) is 19.8 Å². The Balaban J connectivity index is 0.00000243. The van der Waals surface area contributed by atoms with E-state index in [1.807, 2.05) is 18.2 Å². The molecule has 2 aliphatic carbocycles. The standard InChI is InChI=1S/C20H31N3O2.HI/c1-24-19-13-15(11-12-18(19)25-17-9-5-6-10-17)14-22-20(21)23-16-7-3-2-4-8-16;/h11-13,16-17H,2-10,14H2,1H3,(H3,21,22,23);1H. The molecule has 2 aliphatic rings. The Morgan fingerprint density at radius 1 is 1.08 bits per heavy atom. The summed E-state index contributed by atoms with van der Waals surface area (Å²) in [4.78, 5) is 4.48. The first-order chi connectivity index (χ1) is 12.2. The average Bonchev–Trinajstić information content (AvgIpc) is 3.15. The third-order valence-corrected chi connectivity index (χ3v) is 5.21. The first kappa shape index (κ1) is 21.1. The lowest BCUT2D eigenvalue weighted by Gasteiger charge is -2.23. The summed E-state index contributed by atoms with van der Waals surface area (Å²) in [6.45, 7) is 0.547. The van der Waals surface area contributed by atoms with Gasteiger partial charge in [-0.1, -0.05) is 25.3 Å². The Kier molecular flexibility index (Phi) is 8.81. The van der Waals surface area contributed by atoms with E-state index in [9.17, 15) is 0 Å². The predicted molar refractivity (Wildman–Crippen MR) is 117 cm³/mol. The third kappa shape index (κ3) is 6.21. The maximum atomic E-state index is 6.08.